The lowest BCUT2D eigenvalue weighted by Gasteiger charge is -2.13. The van der Waals surface area contributed by atoms with Gasteiger partial charge in [0.25, 0.3) is 5.91 Å². The monoisotopic (exact) mass is 521 g/mol. The normalized spacial score (nSPS) is 11.7. The zero-order valence-corrected chi connectivity index (χ0v) is 18.9. The van der Waals surface area contributed by atoms with E-state index in [1.165, 1.54) is 11.8 Å². The lowest BCUT2D eigenvalue weighted by atomic mass is 10.2. The molecule has 0 unspecified atom stereocenters. The van der Waals surface area contributed by atoms with E-state index in [0.717, 1.165) is 9.26 Å². The zero-order valence-electron chi connectivity index (χ0n) is 15.9. The van der Waals surface area contributed by atoms with Crippen molar-refractivity contribution in [3.8, 4) is 0 Å². The molecule has 0 aliphatic heterocycles. The van der Waals surface area contributed by atoms with Gasteiger partial charge >= 0.3 is 0 Å². The van der Waals surface area contributed by atoms with Crippen molar-refractivity contribution >= 4 is 51.9 Å². The molecule has 0 bridgehead atoms. The van der Waals surface area contributed by atoms with Crippen LogP contribution >= 0.6 is 34.4 Å². The molecule has 1 aromatic heterocycles. The fourth-order valence-corrected chi connectivity index (χ4v) is 3.70. The highest BCUT2D eigenvalue weighted by Gasteiger charge is 2.19. The van der Waals surface area contributed by atoms with Crippen molar-refractivity contribution in [2.75, 3.05) is 11.1 Å². The Balaban J connectivity index is 1.56. The number of nitrogens with one attached hydrogen (secondary N) is 2. The zero-order chi connectivity index (χ0) is 20.8. The van der Waals surface area contributed by atoms with Crippen molar-refractivity contribution in [3.05, 3.63) is 69.6 Å². The van der Waals surface area contributed by atoms with Crippen LogP contribution < -0.4 is 10.6 Å². The van der Waals surface area contributed by atoms with Crippen LogP contribution in [-0.4, -0.2) is 32.3 Å². The number of amides is 2. The summed E-state index contributed by atoms with van der Waals surface area (Å²) < 4.78 is 2.90. The van der Waals surface area contributed by atoms with Crippen LogP contribution in [0.4, 0.5) is 5.69 Å². The number of anilines is 1. The van der Waals surface area contributed by atoms with Crippen LogP contribution in [0.1, 0.15) is 29.1 Å². The molecule has 7 nitrogen and oxygen atoms in total. The number of aromatic nitrogens is 3. The summed E-state index contributed by atoms with van der Waals surface area (Å²) in [6, 6.07) is 16.3. The van der Waals surface area contributed by atoms with Gasteiger partial charge in [-0.3, -0.25) is 9.59 Å². The number of carbonyl (C=O) groups excluding carboxylic acids is 2. The first-order chi connectivity index (χ1) is 13.9. The average Bonchev–Trinajstić information content (AvgIpc) is 3.09. The molecule has 29 heavy (non-hydrogen) atoms. The Morgan fingerprint density at radius 1 is 1.10 bits per heavy atom. The average molecular weight is 521 g/mol. The number of hydrogen-bond acceptors (Lipinski definition) is 5. The van der Waals surface area contributed by atoms with Crippen LogP contribution in [-0.2, 0) is 11.8 Å². The molecular formula is C20H20IN5O2S. The fraction of sp³-hybridized carbons (Fsp3) is 0.200. The van der Waals surface area contributed by atoms with Crippen LogP contribution in [0.5, 0.6) is 0 Å². The third-order valence-corrected chi connectivity index (χ3v) is 5.84. The number of halogens is 1. The fourth-order valence-electron chi connectivity index (χ4n) is 2.62. The van der Waals surface area contributed by atoms with E-state index in [1.54, 1.807) is 16.7 Å². The van der Waals surface area contributed by atoms with Crippen LogP contribution in [0.3, 0.4) is 0 Å². The maximum absolute atomic E-state index is 12.3. The Bertz CT molecular complexity index is 992. The quantitative estimate of drug-likeness (QED) is 0.366. The molecule has 1 heterocycles. The van der Waals surface area contributed by atoms with Gasteiger partial charge in [-0.15, -0.1) is 10.2 Å². The summed E-state index contributed by atoms with van der Waals surface area (Å²) >= 11 is 3.51. The highest BCUT2D eigenvalue weighted by molar-refractivity contribution is 14.1. The van der Waals surface area contributed by atoms with E-state index in [-0.39, 0.29) is 23.6 Å². The van der Waals surface area contributed by atoms with Crippen molar-refractivity contribution in [2.24, 2.45) is 7.05 Å². The first kappa shape index (κ1) is 21.3. The maximum Gasteiger partial charge on any atom is 0.251 e. The largest absolute Gasteiger partial charge is 0.342 e. The van der Waals surface area contributed by atoms with E-state index in [1.807, 2.05) is 56.4 Å². The molecule has 2 amide bonds. The minimum absolute atomic E-state index is 0.119. The van der Waals surface area contributed by atoms with Crippen molar-refractivity contribution in [2.45, 2.75) is 18.1 Å². The molecule has 3 rings (SSSR count). The smallest absolute Gasteiger partial charge is 0.251 e. The summed E-state index contributed by atoms with van der Waals surface area (Å²) in [5.74, 6) is 0.538. The van der Waals surface area contributed by atoms with Gasteiger partial charge in [0.15, 0.2) is 11.0 Å². The minimum Gasteiger partial charge on any atom is -0.342 e. The number of thioether (sulfide) groups is 1. The third-order valence-electron chi connectivity index (χ3n) is 4.10. The summed E-state index contributed by atoms with van der Waals surface area (Å²) in [6.45, 7) is 1.85. The van der Waals surface area contributed by atoms with Crippen molar-refractivity contribution < 1.29 is 9.59 Å². The van der Waals surface area contributed by atoms with E-state index in [4.69, 9.17) is 0 Å². The molecule has 2 N–H and O–H groups in total. The maximum atomic E-state index is 12.3. The van der Waals surface area contributed by atoms with Crippen molar-refractivity contribution in [1.82, 2.24) is 20.1 Å². The number of carbonyl (C=O) groups is 2. The highest BCUT2D eigenvalue weighted by atomic mass is 127. The second-order valence-corrected chi connectivity index (χ2v) is 8.49. The molecule has 0 radical (unpaired) electrons. The van der Waals surface area contributed by atoms with Crippen LogP contribution in [0.2, 0.25) is 0 Å². The van der Waals surface area contributed by atoms with E-state index < -0.39 is 0 Å². The number of rotatable bonds is 7. The first-order valence-electron chi connectivity index (χ1n) is 8.87. The second-order valence-electron chi connectivity index (χ2n) is 6.30. The standard InChI is InChI=1S/C20H20IN5O2S/c1-13(22-19(28)14-6-4-3-5-7-14)18-24-25-20(26(18)2)29-12-17(27)23-16-10-8-15(21)9-11-16/h3-11,13H,12H2,1-2H3,(H,22,28)(H,23,27)/t13-/m0/s1. The number of benzene rings is 2. The molecule has 2 aromatic carbocycles. The van der Waals surface area contributed by atoms with Crippen molar-refractivity contribution in [3.63, 3.8) is 0 Å². The van der Waals surface area contributed by atoms with Gasteiger partial charge in [0.1, 0.15) is 0 Å². The summed E-state index contributed by atoms with van der Waals surface area (Å²) in [4.78, 5) is 24.5. The summed E-state index contributed by atoms with van der Waals surface area (Å²) in [7, 11) is 1.82. The molecule has 1 atom stereocenters. The van der Waals surface area contributed by atoms with Gasteiger partial charge in [0.05, 0.1) is 11.8 Å². The van der Waals surface area contributed by atoms with Gasteiger partial charge < -0.3 is 15.2 Å². The second kappa shape index (κ2) is 9.88. The van der Waals surface area contributed by atoms with Crippen LogP contribution in [0.25, 0.3) is 0 Å². The molecule has 0 fully saturated rings. The topological polar surface area (TPSA) is 88.9 Å². The summed E-state index contributed by atoms with van der Waals surface area (Å²) in [6.07, 6.45) is 0. The molecule has 9 heteroatoms. The molecule has 3 aromatic rings. The van der Waals surface area contributed by atoms with Crippen molar-refractivity contribution in [1.29, 1.82) is 0 Å². The third kappa shape index (κ3) is 5.80. The molecule has 0 aliphatic carbocycles. The predicted molar refractivity (Wildman–Crippen MR) is 122 cm³/mol. The highest BCUT2D eigenvalue weighted by Crippen LogP contribution is 2.20. The van der Waals surface area contributed by atoms with Gasteiger partial charge in [0, 0.05) is 21.9 Å². The van der Waals surface area contributed by atoms with Gasteiger partial charge in [-0.25, -0.2) is 0 Å². The van der Waals surface area contributed by atoms with Gasteiger partial charge in [-0.05, 0) is 65.9 Å². The van der Waals surface area contributed by atoms with E-state index in [2.05, 4.69) is 43.4 Å². The first-order valence-corrected chi connectivity index (χ1v) is 10.9. The number of nitrogens with zero attached hydrogens (tertiary/aromatic N) is 3. The Hall–Kier alpha value is -2.40. The Morgan fingerprint density at radius 2 is 1.79 bits per heavy atom. The Morgan fingerprint density at radius 3 is 2.48 bits per heavy atom. The van der Waals surface area contributed by atoms with Crippen LogP contribution in [0, 0.1) is 3.57 Å². The molecule has 0 aliphatic rings. The SMILES string of the molecule is C[C@H](NC(=O)c1ccccc1)c1nnc(SCC(=O)Nc2ccc(I)cc2)n1C. The Labute approximate surface area is 186 Å². The van der Waals surface area contributed by atoms with Gasteiger partial charge in [-0.1, -0.05) is 30.0 Å². The van der Waals surface area contributed by atoms with Crippen LogP contribution in [0.15, 0.2) is 59.8 Å². The molecule has 0 saturated carbocycles. The van der Waals surface area contributed by atoms with E-state index >= 15 is 0 Å². The molecule has 0 spiro atoms. The summed E-state index contributed by atoms with van der Waals surface area (Å²) in [5, 5.41) is 14.7. The summed E-state index contributed by atoms with van der Waals surface area (Å²) in [5.41, 5.74) is 1.34. The molecule has 150 valence electrons. The van der Waals surface area contributed by atoms with E-state index in [0.29, 0.717) is 16.5 Å². The van der Waals surface area contributed by atoms with E-state index in [9.17, 15) is 9.59 Å². The molecule has 0 saturated heterocycles. The lowest BCUT2D eigenvalue weighted by molar-refractivity contribution is -0.113. The Kier molecular flexibility index (Phi) is 7.26. The van der Waals surface area contributed by atoms with Gasteiger partial charge in [-0.2, -0.15) is 0 Å². The lowest BCUT2D eigenvalue weighted by Crippen LogP contribution is -2.28. The molecular weight excluding hydrogens is 501 g/mol. The number of hydrogen-bond donors (Lipinski definition) is 2. The minimum atomic E-state index is -0.324. The van der Waals surface area contributed by atoms with Gasteiger partial charge in [0.2, 0.25) is 5.91 Å². The predicted octanol–water partition coefficient (Wildman–Crippen LogP) is 3.64.